The highest BCUT2D eigenvalue weighted by Crippen LogP contribution is 2.21. The second kappa shape index (κ2) is 9.24. The molecule has 0 aliphatic carbocycles. The molecule has 0 spiro atoms. The van der Waals surface area contributed by atoms with Crippen LogP contribution in [-0.2, 0) is 25.4 Å². The molecule has 0 unspecified atom stereocenters. The van der Waals surface area contributed by atoms with Crippen LogP contribution in [0.3, 0.4) is 0 Å². The third kappa shape index (κ3) is 4.44. The van der Waals surface area contributed by atoms with E-state index in [4.69, 9.17) is 11.6 Å². The highest BCUT2D eigenvalue weighted by Gasteiger charge is 2.20. The van der Waals surface area contributed by atoms with E-state index in [1.165, 1.54) is 29.8 Å². The molecular weight excluding hydrogens is 469 g/mol. The van der Waals surface area contributed by atoms with Crippen LogP contribution < -0.4 is 16.6 Å². The van der Waals surface area contributed by atoms with Crippen molar-refractivity contribution < 1.29 is 9.18 Å². The number of halogens is 2. The lowest BCUT2D eigenvalue weighted by molar-refractivity contribution is -0.113. The van der Waals surface area contributed by atoms with Crippen LogP contribution in [0, 0.1) is 5.82 Å². The Hall–Kier alpha value is -3.37. The summed E-state index contributed by atoms with van der Waals surface area (Å²) in [6.45, 7) is 0.0137. The van der Waals surface area contributed by atoms with Crippen LogP contribution in [-0.4, -0.2) is 30.3 Å². The van der Waals surface area contributed by atoms with Crippen molar-refractivity contribution in [3.05, 3.63) is 85.8 Å². The number of hydrogen-bond acceptors (Lipinski definition) is 5. The predicted octanol–water partition coefficient (Wildman–Crippen LogP) is 3.01. The molecule has 2 aromatic carbocycles. The van der Waals surface area contributed by atoms with E-state index in [-0.39, 0.29) is 29.1 Å². The lowest BCUT2D eigenvalue weighted by Gasteiger charge is -2.09. The van der Waals surface area contributed by atoms with Crippen LogP contribution in [0.4, 0.5) is 10.1 Å². The van der Waals surface area contributed by atoms with Crippen molar-refractivity contribution >= 4 is 46.1 Å². The Kier molecular flexibility index (Phi) is 6.39. The molecule has 4 aromatic rings. The number of carbonyl (C=O) groups is 1. The van der Waals surface area contributed by atoms with Crippen molar-refractivity contribution in [3.63, 3.8) is 0 Å². The monoisotopic (exact) mass is 487 g/mol. The van der Waals surface area contributed by atoms with Gasteiger partial charge in [-0.3, -0.25) is 18.7 Å². The van der Waals surface area contributed by atoms with Crippen molar-refractivity contribution in [3.8, 4) is 0 Å². The van der Waals surface area contributed by atoms with Crippen LogP contribution in [0.5, 0.6) is 0 Å². The zero-order valence-corrected chi connectivity index (χ0v) is 19.3. The van der Waals surface area contributed by atoms with E-state index in [1.807, 2.05) is 0 Å². The highest BCUT2D eigenvalue weighted by atomic mass is 35.5. The highest BCUT2D eigenvalue weighted by molar-refractivity contribution is 7.99. The maximum Gasteiger partial charge on any atom is 0.332 e. The number of thioether (sulfide) groups is 1. The van der Waals surface area contributed by atoms with Gasteiger partial charge in [-0.25, -0.2) is 14.2 Å². The first-order valence-electron chi connectivity index (χ1n) is 9.84. The number of fused-ring (bicyclic) bond motifs is 1. The van der Waals surface area contributed by atoms with Gasteiger partial charge < -0.3 is 9.88 Å². The van der Waals surface area contributed by atoms with Gasteiger partial charge in [-0.05, 0) is 23.8 Å². The summed E-state index contributed by atoms with van der Waals surface area (Å²) >= 11 is 7.28. The molecule has 2 heterocycles. The van der Waals surface area contributed by atoms with E-state index >= 15 is 0 Å². The van der Waals surface area contributed by atoms with Gasteiger partial charge >= 0.3 is 5.69 Å². The maximum absolute atomic E-state index is 13.7. The molecular formula is C22H19ClFN5O3S. The normalized spacial score (nSPS) is 11.2. The number of aryl methyl sites for hydroxylation is 2. The van der Waals surface area contributed by atoms with E-state index in [1.54, 1.807) is 41.9 Å². The van der Waals surface area contributed by atoms with Crippen molar-refractivity contribution in [2.45, 2.75) is 11.7 Å². The van der Waals surface area contributed by atoms with Crippen LogP contribution in [0.25, 0.3) is 11.2 Å². The Labute approximate surface area is 196 Å². The summed E-state index contributed by atoms with van der Waals surface area (Å²) in [4.78, 5) is 42.7. The zero-order valence-electron chi connectivity index (χ0n) is 17.7. The maximum atomic E-state index is 13.7. The number of hydrogen-bond donors (Lipinski definition) is 1. The van der Waals surface area contributed by atoms with Gasteiger partial charge in [0, 0.05) is 19.1 Å². The quantitative estimate of drug-likeness (QED) is 0.422. The van der Waals surface area contributed by atoms with E-state index in [9.17, 15) is 18.8 Å². The van der Waals surface area contributed by atoms with Gasteiger partial charge in [0.25, 0.3) is 5.56 Å². The topological polar surface area (TPSA) is 90.9 Å². The van der Waals surface area contributed by atoms with E-state index in [2.05, 4.69) is 10.3 Å². The first-order chi connectivity index (χ1) is 15.8. The van der Waals surface area contributed by atoms with Gasteiger partial charge in [0.15, 0.2) is 16.3 Å². The van der Waals surface area contributed by atoms with Crippen LogP contribution in [0.1, 0.15) is 5.56 Å². The average Bonchev–Trinajstić information content (AvgIpc) is 3.13. The molecule has 0 atom stereocenters. The number of para-hydroxylation sites is 1. The minimum Gasteiger partial charge on any atom is -0.323 e. The summed E-state index contributed by atoms with van der Waals surface area (Å²) in [5.74, 6) is -1.03. The van der Waals surface area contributed by atoms with Gasteiger partial charge in [0.05, 0.1) is 18.0 Å². The molecule has 33 heavy (non-hydrogen) atoms. The Morgan fingerprint density at radius 2 is 1.79 bits per heavy atom. The fourth-order valence-corrected chi connectivity index (χ4v) is 4.33. The minimum atomic E-state index is -0.535. The van der Waals surface area contributed by atoms with E-state index in [0.29, 0.717) is 15.7 Å². The second-order valence-corrected chi connectivity index (χ2v) is 8.62. The van der Waals surface area contributed by atoms with Crippen molar-refractivity contribution in [2.24, 2.45) is 14.1 Å². The van der Waals surface area contributed by atoms with Gasteiger partial charge in [-0.1, -0.05) is 53.7 Å². The molecule has 0 fully saturated rings. The van der Waals surface area contributed by atoms with Crippen molar-refractivity contribution in [1.29, 1.82) is 0 Å². The Balaban J connectivity index is 1.64. The molecule has 0 saturated carbocycles. The Morgan fingerprint density at radius 1 is 1.09 bits per heavy atom. The number of imidazole rings is 1. The molecule has 1 amide bonds. The number of nitrogens with zero attached hydrogens (tertiary/aromatic N) is 4. The molecule has 1 N–H and O–H groups in total. The summed E-state index contributed by atoms with van der Waals surface area (Å²) in [5.41, 5.74) is 0.114. The molecule has 0 aliphatic heterocycles. The summed E-state index contributed by atoms with van der Waals surface area (Å²) < 4.78 is 17.7. The Morgan fingerprint density at radius 3 is 2.52 bits per heavy atom. The molecule has 170 valence electrons. The number of benzene rings is 2. The Bertz CT molecular complexity index is 1490. The first-order valence-corrected chi connectivity index (χ1v) is 11.2. The molecule has 11 heteroatoms. The molecule has 0 radical (unpaired) electrons. The number of anilines is 1. The molecule has 0 aliphatic rings. The van der Waals surface area contributed by atoms with Crippen LogP contribution >= 0.6 is 23.4 Å². The molecule has 8 nitrogen and oxygen atoms in total. The summed E-state index contributed by atoms with van der Waals surface area (Å²) in [7, 11) is 3.16. The largest absolute Gasteiger partial charge is 0.332 e. The molecule has 0 saturated heterocycles. The SMILES string of the molecule is Cn1c(SCC(=O)Nc2ccccc2F)nc2c1c(=O)n(Cc1ccccc1Cl)c(=O)n2C. The summed E-state index contributed by atoms with van der Waals surface area (Å²) in [5, 5.41) is 3.33. The third-order valence-electron chi connectivity index (χ3n) is 5.09. The van der Waals surface area contributed by atoms with Gasteiger partial charge in [-0.15, -0.1) is 0 Å². The number of nitrogens with one attached hydrogen (secondary N) is 1. The number of amides is 1. The van der Waals surface area contributed by atoms with Crippen LogP contribution in [0.2, 0.25) is 5.02 Å². The van der Waals surface area contributed by atoms with E-state index < -0.39 is 23.0 Å². The van der Waals surface area contributed by atoms with Crippen LogP contribution in [0.15, 0.2) is 63.3 Å². The average molecular weight is 488 g/mol. The molecule has 2 aromatic heterocycles. The fourth-order valence-electron chi connectivity index (χ4n) is 3.37. The standard InChI is InChI=1S/C22H19ClFN5O3S/c1-27-18-19(26-21(27)33-12-17(30)25-16-10-6-5-9-15(16)24)28(2)22(32)29(20(18)31)11-13-7-3-4-8-14(13)23/h3-10H,11-12H2,1-2H3,(H,25,30). The fraction of sp³-hybridized carbons (Fsp3) is 0.182. The predicted molar refractivity (Wildman–Crippen MR) is 127 cm³/mol. The lowest BCUT2D eigenvalue weighted by Crippen LogP contribution is -2.39. The third-order valence-corrected chi connectivity index (χ3v) is 6.48. The zero-order chi connectivity index (χ0) is 23.7. The number of rotatable bonds is 6. The van der Waals surface area contributed by atoms with Gasteiger partial charge in [0.2, 0.25) is 5.91 Å². The number of aromatic nitrogens is 4. The smallest absolute Gasteiger partial charge is 0.323 e. The second-order valence-electron chi connectivity index (χ2n) is 7.27. The minimum absolute atomic E-state index is 0.0137. The van der Waals surface area contributed by atoms with Crippen molar-refractivity contribution in [1.82, 2.24) is 18.7 Å². The van der Waals surface area contributed by atoms with Gasteiger partial charge in [-0.2, -0.15) is 0 Å². The molecule has 0 bridgehead atoms. The number of carbonyl (C=O) groups excluding carboxylic acids is 1. The molecule has 4 rings (SSSR count). The summed E-state index contributed by atoms with van der Waals surface area (Å²) in [6, 6.07) is 12.8. The summed E-state index contributed by atoms with van der Waals surface area (Å²) in [6.07, 6.45) is 0. The lowest BCUT2D eigenvalue weighted by atomic mass is 10.2. The van der Waals surface area contributed by atoms with Gasteiger partial charge in [0.1, 0.15) is 5.82 Å². The first kappa shape index (κ1) is 22.8. The van der Waals surface area contributed by atoms with Crippen molar-refractivity contribution in [2.75, 3.05) is 11.1 Å². The van der Waals surface area contributed by atoms with E-state index in [0.717, 1.165) is 16.3 Å².